The Morgan fingerprint density at radius 3 is 3.18 bits per heavy atom. The van der Waals surface area contributed by atoms with E-state index in [1.165, 1.54) is 17.0 Å². The predicted octanol–water partition coefficient (Wildman–Crippen LogP) is 2.45. The van der Waals surface area contributed by atoms with Gasteiger partial charge in [-0.05, 0) is 31.1 Å². The molecule has 56 valence electrons. The maximum absolute atomic E-state index is 3.31. The van der Waals surface area contributed by atoms with Gasteiger partial charge in [0.25, 0.3) is 0 Å². The number of aryl methyl sites for hydroxylation is 1. The first kappa shape index (κ1) is 6.47. The van der Waals surface area contributed by atoms with Crippen LogP contribution in [0.15, 0.2) is 24.3 Å². The molecule has 1 aliphatic carbocycles. The van der Waals surface area contributed by atoms with E-state index >= 15 is 0 Å². The standard InChI is InChI=1S/C10H11N/c1-8-7-9-5-3-2-4-6-10(9)11-8/h2-4,6-7,11H,5H2,1H3. The summed E-state index contributed by atoms with van der Waals surface area (Å²) in [6.45, 7) is 2.09. The van der Waals surface area contributed by atoms with E-state index in [2.05, 4.69) is 42.3 Å². The summed E-state index contributed by atoms with van der Waals surface area (Å²) in [5.41, 5.74) is 3.90. The lowest BCUT2D eigenvalue weighted by Crippen LogP contribution is -1.78. The van der Waals surface area contributed by atoms with Crippen LogP contribution in [0.25, 0.3) is 6.08 Å². The summed E-state index contributed by atoms with van der Waals surface area (Å²) < 4.78 is 0. The molecule has 1 aliphatic rings. The van der Waals surface area contributed by atoms with Gasteiger partial charge < -0.3 is 4.98 Å². The van der Waals surface area contributed by atoms with Crippen molar-refractivity contribution in [1.29, 1.82) is 0 Å². The van der Waals surface area contributed by atoms with Crippen LogP contribution in [0.3, 0.4) is 0 Å². The quantitative estimate of drug-likeness (QED) is 0.577. The highest BCUT2D eigenvalue weighted by molar-refractivity contribution is 5.54. The highest BCUT2D eigenvalue weighted by Gasteiger charge is 2.02. The van der Waals surface area contributed by atoms with Crippen molar-refractivity contribution in [2.75, 3.05) is 0 Å². The minimum Gasteiger partial charge on any atom is -0.359 e. The predicted molar refractivity (Wildman–Crippen MR) is 47.4 cm³/mol. The molecule has 0 fully saturated rings. The molecule has 0 aromatic carbocycles. The van der Waals surface area contributed by atoms with Crippen molar-refractivity contribution in [2.45, 2.75) is 13.3 Å². The molecule has 0 amide bonds. The summed E-state index contributed by atoms with van der Waals surface area (Å²) >= 11 is 0. The first-order valence-electron chi connectivity index (χ1n) is 3.88. The van der Waals surface area contributed by atoms with Crippen molar-refractivity contribution in [3.05, 3.63) is 41.2 Å². The maximum Gasteiger partial charge on any atom is 0.0418 e. The first-order valence-corrected chi connectivity index (χ1v) is 3.88. The second-order valence-electron chi connectivity index (χ2n) is 2.88. The Labute approximate surface area is 66.4 Å². The number of rotatable bonds is 0. The van der Waals surface area contributed by atoms with Crippen LogP contribution in [0, 0.1) is 6.92 Å². The molecule has 0 spiro atoms. The van der Waals surface area contributed by atoms with Gasteiger partial charge in [-0.1, -0.05) is 18.2 Å². The van der Waals surface area contributed by atoms with Gasteiger partial charge in [0, 0.05) is 11.4 Å². The molecule has 0 bridgehead atoms. The summed E-state index contributed by atoms with van der Waals surface area (Å²) in [7, 11) is 0. The number of hydrogen-bond donors (Lipinski definition) is 1. The van der Waals surface area contributed by atoms with E-state index < -0.39 is 0 Å². The second kappa shape index (κ2) is 2.42. The van der Waals surface area contributed by atoms with E-state index in [4.69, 9.17) is 0 Å². The number of aromatic nitrogens is 1. The molecule has 0 unspecified atom stereocenters. The van der Waals surface area contributed by atoms with Crippen LogP contribution in [-0.4, -0.2) is 4.98 Å². The largest absolute Gasteiger partial charge is 0.359 e. The molecular formula is C10H11N. The molecule has 1 heterocycles. The Kier molecular flexibility index (Phi) is 1.42. The third kappa shape index (κ3) is 1.14. The smallest absolute Gasteiger partial charge is 0.0418 e. The molecule has 1 N–H and O–H groups in total. The van der Waals surface area contributed by atoms with Crippen LogP contribution >= 0.6 is 0 Å². The van der Waals surface area contributed by atoms with Gasteiger partial charge >= 0.3 is 0 Å². The maximum atomic E-state index is 3.31. The molecule has 0 aliphatic heterocycles. The summed E-state index contributed by atoms with van der Waals surface area (Å²) in [6.07, 6.45) is 9.50. The number of hydrogen-bond acceptors (Lipinski definition) is 0. The van der Waals surface area contributed by atoms with Gasteiger partial charge in [-0.3, -0.25) is 0 Å². The topological polar surface area (TPSA) is 15.8 Å². The van der Waals surface area contributed by atoms with Gasteiger partial charge in [0.15, 0.2) is 0 Å². The minimum atomic E-state index is 1.05. The Hall–Kier alpha value is -1.24. The third-order valence-electron chi connectivity index (χ3n) is 1.92. The fourth-order valence-corrected chi connectivity index (χ4v) is 1.41. The summed E-state index contributed by atoms with van der Waals surface area (Å²) in [5, 5.41) is 0. The molecule has 0 saturated heterocycles. The highest BCUT2D eigenvalue weighted by atomic mass is 14.7. The van der Waals surface area contributed by atoms with E-state index in [1.54, 1.807) is 0 Å². The highest BCUT2D eigenvalue weighted by Crippen LogP contribution is 2.15. The van der Waals surface area contributed by atoms with E-state index in [0.717, 1.165) is 6.42 Å². The molecule has 0 atom stereocenters. The summed E-state index contributed by atoms with van der Waals surface area (Å²) in [5.74, 6) is 0. The summed E-state index contributed by atoms with van der Waals surface area (Å²) in [6, 6.07) is 2.20. The lowest BCUT2D eigenvalue weighted by atomic mass is 10.2. The van der Waals surface area contributed by atoms with Gasteiger partial charge in [0.2, 0.25) is 0 Å². The fraction of sp³-hybridized carbons (Fsp3) is 0.200. The van der Waals surface area contributed by atoms with Crippen LogP contribution in [0.2, 0.25) is 0 Å². The molecule has 1 aromatic rings. The van der Waals surface area contributed by atoms with E-state index in [0.29, 0.717) is 0 Å². The zero-order valence-electron chi connectivity index (χ0n) is 6.59. The molecule has 2 rings (SSSR count). The van der Waals surface area contributed by atoms with Gasteiger partial charge in [-0.15, -0.1) is 0 Å². The van der Waals surface area contributed by atoms with Gasteiger partial charge in [-0.2, -0.15) is 0 Å². The van der Waals surface area contributed by atoms with Crippen LogP contribution < -0.4 is 0 Å². The number of allylic oxidation sites excluding steroid dienone is 3. The molecule has 1 nitrogen and oxygen atoms in total. The van der Waals surface area contributed by atoms with Gasteiger partial charge in [0.05, 0.1) is 0 Å². The number of H-pyrrole nitrogens is 1. The second-order valence-corrected chi connectivity index (χ2v) is 2.88. The summed E-state index contributed by atoms with van der Waals surface area (Å²) in [4.78, 5) is 3.31. The molecule has 1 heteroatoms. The normalized spacial score (nSPS) is 14.6. The van der Waals surface area contributed by atoms with Crippen molar-refractivity contribution in [1.82, 2.24) is 4.98 Å². The minimum absolute atomic E-state index is 1.05. The third-order valence-corrected chi connectivity index (χ3v) is 1.92. The van der Waals surface area contributed by atoms with Crippen molar-refractivity contribution in [2.24, 2.45) is 0 Å². The number of aromatic amines is 1. The number of nitrogens with one attached hydrogen (secondary N) is 1. The van der Waals surface area contributed by atoms with Crippen molar-refractivity contribution < 1.29 is 0 Å². The van der Waals surface area contributed by atoms with E-state index in [9.17, 15) is 0 Å². The molecule has 11 heavy (non-hydrogen) atoms. The monoisotopic (exact) mass is 145 g/mol. The van der Waals surface area contributed by atoms with Gasteiger partial charge in [-0.25, -0.2) is 0 Å². The fourth-order valence-electron chi connectivity index (χ4n) is 1.41. The molecule has 0 saturated carbocycles. The van der Waals surface area contributed by atoms with Crippen LogP contribution in [0.5, 0.6) is 0 Å². The van der Waals surface area contributed by atoms with Crippen LogP contribution in [0.1, 0.15) is 17.0 Å². The Bertz CT molecular complexity index is 316. The first-order chi connectivity index (χ1) is 5.36. The SMILES string of the molecule is Cc1cc2c([nH]1)C=CC=CC2. The Morgan fingerprint density at radius 2 is 2.27 bits per heavy atom. The van der Waals surface area contributed by atoms with Crippen LogP contribution in [0.4, 0.5) is 0 Å². The van der Waals surface area contributed by atoms with Crippen molar-refractivity contribution in [3.8, 4) is 0 Å². The lowest BCUT2D eigenvalue weighted by Gasteiger charge is -1.90. The van der Waals surface area contributed by atoms with Crippen molar-refractivity contribution >= 4 is 6.08 Å². The lowest BCUT2D eigenvalue weighted by molar-refractivity contribution is 1.23. The zero-order valence-corrected chi connectivity index (χ0v) is 6.59. The Balaban J connectivity index is 2.51. The van der Waals surface area contributed by atoms with Gasteiger partial charge in [0.1, 0.15) is 0 Å². The Morgan fingerprint density at radius 1 is 1.36 bits per heavy atom. The number of fused-ring (bicyclic) bond motifs is 1. The molecule has 1 aromatic heterocycles. The average Bonchev–Trinajstić information content (AvgIpc) is 2.17. The van der Waals surface area contributed by atoms with Crippen molar-refractivity contribution in [3.63, 3.8) is 0 Å². The molecule has 0 radical (unpaired) electrons. The average molecular weight is 145 g/mol. The zero-order chi connectivity index (χ0) is 7.68. The van der Waals surface area contributed by atoms with E-state index in [1.807, 2.05) is 0 Å². The van der Waals surface area contributed by atoms with Crippen LogP contribution in [-0.2, 0) is 6.42 Å². The molecular weight excluding hydrogens is 134 g/mol. The van der Waals surface area contributed by atoms with E-state index in [-0.39, 0.29) is 0 Å².